The van der Waals surface area contributed by atoms with Gasteiger partial charge in [-0.15, -0.1) is 13.2 Å². The maximum absolute atomic E-state index is 12.1. The van der Waals surface area contributed by atoms with E-state index in [1.54, 1.807) is 7.11 Å². The van der Waals surface area contributed by atoms with Crippen LogP contribution in [-0.4, -0.2) is 56.0 Å². The summed E-state index contributed by atoms with van der Waals surface area (Å²) in [6.45, 7) is 14.0. The van der Waals surface area contributed by atoms with E-state index in [4.69, 9.17) is 18.9 Å². The van der Waals surface area contributed by atoms with Crippen molar-refractivity contribution in [2.75, 3.05) is 20.5 Å². The third-order valence-corrected chi connectivity index (χ3v) is 4.80. The molecular formula is C25H36O6. The lowest BCUT2D eigenvalue weighted by atomic mass is 9.92. The summed E-state index contributed by atoms with van der Waals surface area (Å²) in [6, 6.07) is 0. The third-order valence-electron chi connectivity index (χ3n) is 4.80. The van der Waals surface area contributed by atoms with E-state index in [2.05, 4.69) is 38.5 Å². The molecule has 6 heteroatoms. The van der Waals surface area contributed by atoms with Crippen molar-refractivity contribution < 1.29 is 28.8 Å². The van der Waals surface area contributed by atoms with E-state index in [1.807, 2.05) is 18.2 Å². The molecule has 0 aliphatic carbocycles. The SMILES string of the molecule is C=CC[C@H]1CC(C)CC(=C)CC(OCOC)/C=C/CC(C(O)C=C)OC(=O)C#CCO1. The molecule has 0 amide bonds. The Morgan fingerprint density at radius 2 is 2.16 bits per heavy atom. The second-order valence-electron chi connectivity index (χ2n) is 7.70. The van der Waals surface area contributed by atoms with Gasteiger partial charge in [-0.1, -0.05) is 49.3 Å². The zero-order chi connectivity index (χ0) is 23.1. The highest BCUT2D eigenvalue weighted by Gasteiger charge is 2.20. The van der Waals surface area contributed by atoms with Crippen LogP contribution in [0, 0.1) is 17.8 Å². The molecule has 1 heterocycles. The van der Waals surface area contributed by atoms with Crippen LogP contribution >= 0.6 is 0 Å². The van der Waals surface area contributed by atoms with Crippen molar-refractivity contribution in [3.05, 3.63) is 49.6 Å². The Bertz CT molecular complexity index is 671. The standard InChI is InChI=1S/C25H36O6/c1-6-10-21-16-19(3)15-20(4)17-22(30-18-28-5)11-8-12-24(23(26)7-2)31-25(27)13-9-14-29-21/h6-8,11,19,21-24,26H,1-2,4,10,12,14-18H2,3,5H3/b11-8+/t19?,21-,22?,23?,24?/m0/s1. The van der Waals surface area contributed by atoms with Crippen LogP contribution < -0.4 is 0 Å². The van der Waals surface area contributed by atoms with E-state index in [0.29, 0.717) is 18.8 Å². The lowest BCUT2D eigenvalue weighted by Gasteiger charge is -2.22. The first kappa shape index (κ1) is 26.9. The van der Waals surface area contributed by atoms with Crippen molar-refractivity contribution in [3.63, 3.8) is 0 Å². The van der Waals surface area contributed by atoms with Crippen LogP contribution in [0.4, 0.5) is 0 Å². The summed E-state index contributed by atoms with van der Waals surface area (Å²) in [5, 5.41) is 10.1. The Kier molecular flexibility index (Phi) is 13.5. The number of aliphatic hydroxyl groups excluding tert-OH is 1. The van der Waals surface area contributed by atoms with Gasteiger partial charge in [-0.3, -0.25) is 0 Å². The summed E-state index contributed by atoms with van der Waals surface area (Å²) in [5.74, 6) is 4.74. The van der Waals surface area contributed by atoms with Gasteiger partial charge in [0.05, 0.1) is 12.2 Å². The van der Waals surface area contributed by atoms with Gasteiger partial charge in [0.25, 0.3) is 0 Å². The zero-order valence-electron chi connectivity index (χ0n) is 18.8. The number of aliphatic hydroxyl groups is 1. The van der Waals surface area contributed by atoms with Gasteiger partial charge in [-0.25, -0.2) is 4.79 Å². The molecule has 6 nitrogen and oxygen atoms in total. The number of carbonyl (C=O) groups excluding carboxylic acids is 1. The monoisotopic (exact) mass is 432 g/mol. The van der Waals surface area contributed by atoms with Crippen LogP contribution in [0.5, 0.6) is 0 Å². The largest absolute Gasteiger partial charge is 0.449 e. The minimum atomic E-state index is -1.01. The van der Waals surface area contributed by atoms with Crippen LogP contribution in [-0.2, 0) is 23.7 Å². The summed E-state index contributed by atoms with van der Waals surface area (Å²) in [7, 11) is 1.57. The van der Waals surface area contributed by atoms with E-state index >= 15 is 0 Å². The second-order valence-corrected chi connectivity index (χ2v) is 7.70. The summed E-state index contributed by atoms with van der Waals surface area (Å²) in [4.78, 5) is 12.1. The highest BCUT2D eigenvalue weighted by molar-refractivity contribution is 5.88. The highest BCUT2D eigenvalue weighted by atomic mass is 16.7. The Hall–Kier alpha value is -2.17. The molecular weight excluding hydrogens is 396 g/mol. The quantitative estimate of drug-likeness (QED) is 0.217. The molecule has 0 spiro atoms. The van der Waals surface area contributed by atoms with Crippen molar-refractivity contribution >= 4 is 5.97 Å². The fourth-order valence-corrected chi connectivity index (χ4v) is 3.36. The molecule has 5 atom stereocenters. The van der Waals surface area contributed by atoms with Crippen LogP contribution in [0.1, 0.15) is 39.0 Å². The van der Waals surface area contributed by atoms with Crippen molar-refractivity contribution in [1.82, 2.24) is 0 Å². The van der Waals surface area contributed by atoms with Crippen LogP contribution in [0.25, 0.3) is 0 Å². The number of methoxy groups -OCH3 is 1. The maximum atomic E-state index is 12.1. The number of hydrogen-bond donors (Lipinski definition) is 1. The highest BCUT2D eigenvalue weighted by Crippen LogP contribution is 2.23. The summed E-state index contributed by atoms with van der Waals surface area (Å²) in [6.07, 6.45) is 8.00. The molecule has 4 unspecified atom stereocenters. The van der Waals surface area contributed by atoms with Gasteiger partial charge in [0.1, 0.15) is 25.6 Å². The van der Waals surface area contributed by atoms with E-state index < -0.39 is 18.2 Å². The number of esters is 1. The van der Waals surface area contributed by atoms with E-state index in [9.17, 15) is 9.90 Å². The molecule has 31 heavy (non-hydrogen) atoms. The summed E-state index contributed by atoms with van der Waals surface area (Å²) in [5.41, 5.74) is 1.06. The van der Waals surface area contributed by atoms with Crippen molar-refractivity contribution in [2.45, 2.75) is 63.4 Å². The van der Waals surface area contributed by atoms with E-state index in [1.165, 1.54) is 6.08 Å². The molecule has 0 aromatic carbocycles. The van der Waals surface area contributed by atoms with Gasteiger partial charge < -0.3 is 24.1 Å². The number of rotatable bonds is 7. The Labute approximate surface area is 186 Å². The molecule has 1 aliphatic heterocycles. The molecule has 1 rings (SSSR count). The molecule has 0 saturated heterocycles. The van der Waals surface area contributed by atoms with Gasteiger partial charge in [0, 0.05) is 19.5 Å². The molecule has 1 N–H and O–H groups in total. The second kappa shape index (κ2) is 15.6. The predicted octanol–water partition coefficient (Wildman–Crippen LogP) is 3.72. The van der Waals surface area contributed by atoms with Crippen LogP contribution in [0.15, 0.2) is 49.6 Å². The first-order valence-corrected chi connectivity index (χ1v) is 10.6. The fraction of sp³-hybridized carbons (Fsp3) is 0.560. The minimum Gasteiger partial charge on any atom is -0.449 e. The van der Waals surface area contributed by atoms with Crippen LogP contribution in [0.3, 0.4) is 0 Å². The van der Waals surface area contributed by atoms with Gasteiger partial charge in [0.2, 0.25) is 0 Å². The molecule has 172 valence electrons. The number of cyclic esters (lactones) is 1. The normalized spacial score (nSPS) is 28.4. The minimum absolute atomic E-state index is 0.0444. The maximum Gasteiger partial charge on any atom is 0.384 e. The third kappa shape index (κ3) is 11.7. The average Bonchev–Trinajstić information content (AvgIpc) is 2.72. The lowest BCUT2D eigenvalue weighted by molar-refractivity contribution is -0.145. The molecule has 1 aliphatic rings. The van der Waals surface area contributed by atoms with Gasteiger partial charge in [0.15, 0.2) is 0 Å². The van der Waals surface area contributed by atoms with Crippen molar-refractivity contribution in [1.29, 1.82) is 0 Å². The first-order chi connectivity index (χ1) is 14.9. The Morgan fingerprint density at radius 1 is 1.39 bits per heavy atom. The summed E-state index contributed by atoms with van der Waals surface area (Å²) >= 11 is 0. The zero-order valence-corrected chi connectivity index (χ0v) is 18.8. The Balaban J connectivity index is 3.04. The average molecular weight is 433 g/mol. The fourth-order valence-electron chi connectivity index (χ4n) is 3.36. The smallest absolute Gasteiger partial charge is 0.384 e. The van der Waals surface area contributed by atoms with E-state index in [-0.39, 0.29) is 32.0 Å². The van der Waals surface area contributed by atoms with Gasteiger partial charge in [-0.2, -0.15) is 0 Å². The molecule has 0 radical (unpaired) electrons. The Morgan fingerprint density at radius 3 is 2.84 bits per heavy atom. The molecule has 0 saturated carbocycles. The van der Waals surface area contributed by atoms with Crippen LogP contribution in [0.2, 0.25) is 0 Å². The molecule has 0 fully saturated rings. The van der Waals surface area contributed by atoms with E-state index in [0.717, 1.165) is 18.4 Å². The van der Waals surface area contributed by atoms with Gasteiger partial charge in [-0.05, 0) is 31.6 Å². The van der Waals surface area contributed by atoms with Crippen molar-refractivity contribution in [2.24, 2.45) is 5.92 Å². The number of carbonyl (C=O) groups is 1. The number of hydrogen-bond acceptors (Lipinski definition) is 6. The number of ether oxygens (including phenoxy) is 4. The summed E-state index contributed by atoms with van der Waals surface area (Å²) < 4.78 is 21.9. The van der Waals surface area contributed by atoms with Gasteiger partial charge >= 0.3 is 5.97 Å². The van der Waals surface area contributed by atoms with Crippen molar-refractivity contribution in [3.8, 4) is 11.8 Å². The topological polar surface area (TPSA) is 74.2 Å². The lowest BCUT2D eigenvalue weighted by Crippen LogP contribution is -2.29. The first-order valence-electron chi connectivity index (χ1n) is 10.6. The molecule has 0 aromatic heterocycles. The molecule has 0 aromatic rings. The predicted molar refractivity (Wildman–Crippen MR) is 121 cm³/mol. The molecule has 0 bridgehead atoms.